The molecule has 0 radical (unpaired) electrons. The highest BCUT2D eigenvalue weighted by molar-refractivity contribution is 5.93. The molecule has 2 aliphatic heterocycles. The van der Waals surface area contributed by atoms with E-state index in [2.05, 4.69) is 16.0 Å². The number of anilines is 1. The van der Waals surface area contributed by atoms with Gasteiger partial charge in [0.2, 0.25) is 11.8 Å². The lowest BCUT2D eigenvalue weighted by atomic mass is 9.99. The first-order chi connectivity index (χ1) is 9.25. The van der Waals surface area contributed by atoms with Gasteiger partial charge < -0.3 is 16.0 Å². The van der Waals surface area contributed by atoms with Crippen LogP contribution in [0, 0.1) is 0 Å². The Morgan fingerprint density at radius 1 is 1.26 bits per heavy atom. The minimum absolute atomic E-state index is 0.0699. The van der Waals surface area contributed by atoms with Crippen molar-refractivity contribution in [2.45, 2.75) is 24.8 Å². The SMILES string of the molecule is O=C1NCCCC1NC(=O)C1CNc2ccccc21. The number of hydrogen-bond donors (Lipinski definition) is 3. The summed E-state index contributed by atoms with van der Waals surface area (Å²) < 4.78 is 0. The van der Waals surface area contributed by atoms with Crippen LogP contribution in [0.2, 0.25) is 0 Å². The number of benzene rings is 1. The molecule has 0 saturated carbocycles. The highest BCUT2D eigenvalue weighted by Crippen LogP contribution is 2.31. The normalized spacial score (nSPS) is 25.2. The van der Waals surface area contributed by atoms with Crippen molar-refractivity contribution in [3.8, 4) is 0 Å². The van der Waals surface area contributed by atoms with Gasteiger partial charge >= 0.3 is 0 Å². The first kappa shape index (κ1) is 12.0. The maximum Gasteiger partial charge on any atom is 0.242 e. The largest absolute Gasteiger partial charge is 0.384 e. The average Bonchev–Trinajstić information content (AvgIpc) is 2.85. The van der Waals surface area contributed by atoms with Crippen molar-refractivity contribution in [2.75, 3.05) is 18.4 Å². The van der Waals surface area contributed by atoms with Crippen LogP contribution in [0.3, 0.4) is 0 Å². The molecule has 2 aliphatic rings. The average molecular weight is 259 g/mol. The summed E-state index contributed by atoms with van der Waals surface area (Å²) in [7, 11) is 0. The second-order valence-corrected chi connectivity index (χ2v) is 5.02. The fraction of sp³-hybridized carbons (Fsp3) is 0.429. The first-order valence-electron chi connectivity index (χ1n) is 6.66. The van der Waals surface area contributed by atoms with Gasteiger partial charge in [0.1, 0.15) is 6.04 Å². The molecule has 100 valence electrons. The van der Waals surface area contributed by atoms with Gasteiger partial charge in [0.15, 0.2) is 0 Å². The number of hydrogen-bond acceptors (Lipinski definition) is 3. The fourth-order valence-corrected chi connectivity index (χ4v) is 2.70. The van der Waals surface area contributed by atoms with E-state index in [1.807, 2.05) is 24.3 Å². The van der Waals surface area contributed by atoms with E-state index >= 15 is 0 Å². The molecule has 2 amide bonds. The molecule has 3 rings (SSSR count). The van der Waals surface area contributed by atoms with Crippen molar-refractivity contribution in [1.29, 1.82) is 0 Å². The Bertz CT molecular complexity index is 515. The summed E-state index contributed by atoms with van der Waals surface area (Å²) in [5.74, 6) is -0.343. The van der Waals surface area contributed by atoms with Crippen molar-refractivity contribution in [3.63, 3.8) is 0 Å². The lowest BCUT2D eigenvalue weighted by molar-refractivity contribution is -0.130. The van der Waals surface area contributed by atoms with Gasteiger partial charge in [-0.2, -0.15) is 0 Å². The number of amides is 2. The van der Waals surface area contributed by atoms with Crippen LogP contribution in [0.5, 0.6) is 0 Å². The second-order valence-electron chi connectivity index (χ2n) is 5.02. The van der Waals surface area contributed by atoms with Gasteiger partial charge in [-0.15, -0.1) is 0 Å². The number of piperidine rings is 1. The zero-order chi connectivity index (χ0) is 13.2. The molecular formula is C14H17N3O2. The van der Waals surface area contributed by atoms with E-state index in [1.54, 1.807) is 0 Å². The molecule has 1 fully saturated rings. The van der Waals surface area contributed by atoms with Crippen molar-refractivity contribution in [2.24, 2.45) is 0 Å². The summed E-state index contributed by atoms with van der Waals surface area (Å²) in [5, 5.41) is 8.86. The molecule has 1 aromatic rings. The molecule has 5 heteroatoms. The van der Waals surface area contributed by atoms with Gasteiger partial charge in [0.05, 0.1) is 5.92 Å². The van der Waals surface area contributed by atoms with Crippen LogP contribution >= 0.6 is 0 Å². The molecular weight excluding hydrogens is 242 g/mol. The molecule has 0 bridgehead atoms. The highest BCUT2D eigenvalue weighted by atomic mass is 16.2. The Morgan fingerprint density at radius 2 is 2.11 bits per heavy atom. The maximum atomic E-state index is 12.3. The van der Waals surface area contributed by atoms with Gasteiger partial charge in [0, 0.05) is 18.8 Å². The summed E-state index contributed by atoms with van der Waals surface area (Å²) in [4.78, 5) is 23.9. The number of carbonyl (C=O) groups is 2. The van der Waals surface area contributed by atoms with E-state index in [9.17, 15) is 9.59 Å². The molecule has 2 heterocycles. The Labute approximate surface area is 111 Å². The number of fused-ring (bicyclic) bond motifs is 1. The Morgan fingerprint density at radius 3 is 2.95 bits per heavy atom. The second kappa shape index (κ2) is 4.91. The van der Waals surface area contributed by atoms with Crippen LogP contribution in [0.1, 0.15) is 24.3 Å². The fourth-order valence-electron chi connectivity index (χ4n) is 2.70. The minimum atomic E-state index is -0.381. The summed E-state index contributed by atoms with van der Waals surface area (Å²) in [6, 6.07) is 7.42. The molecule has 3 N–H and O–H groups in total. The Balaban J connectivity index is 1.70. The van der Waals surface area contributed by atoms with Gasteiger partial charge in [0.25, 0.3) is 0 Å². The highest BCUT2D eigenvalue weighted by Gasteiger charge is 2.31. The number of nitrogens with one attached hydrogen (secondary N) is 3. The Kier molecular flexibility index (Phi) is 3.11. The molecule has 0 aromatic heterocycles. The molecule has 2 atom stereocenters. The van der Waals surface area contributed by atoms with Crippen molar-refractivity contribution < 1.29 is 9.59 Å². The first-order valence-corrected chi connectivity index (χ1v) is 6.66. The lowest BCUT2D eigenvalue weighted by Gasteiger charge is -2.24. The van der Waals surface area contributed by atoms with Gasteiger partial charge in [-0.25, -0.2) is 0 Å². The van der Waals surface area contributed by atoms with E-state index in [0.29, 0.717) is 13.1 Å². The standard InChI is InChI=1S/C14H17N3O2/c18-13(17-12-6-3-7-15-14(12)19)10-8-16-11-5-2-1-4-9(10)11/h1-2,4-5,10,12,16H,3,6-8H2,(H,15,19)(H,17,18). The van der Waals surface area contributed by atoms with E-state index in [-0.39, 0.29) is 23.8 Å². The Hall–Kier alpha value is -2.04. The smallest absolute Gasteiger partial charge is 0.242 e. The third-order valence-corrected chi connectivity index (χ3v) is 3.75. The monoisotopic (exact) mass is 259 g/mol. The third kappa shape index (κ3) is 2.28. The molecule has 1 saturated heterocycles. The summed E-state index contributed by atoms with van der Waals surface area (Å²) in [6.07, 6.45) is 1.63. The van der Waals surface area contributed by atoms with Gasteiger partial charge in [-0.3, -0.25) is 9.59 Å². The zero-order valence-electron chi connectivity index (χ0n) is 10.6. The quantitative estimate of drug-likeness (QED) is 0.728. The van der Waals surface area contributed by atoms with E-state index in [1.165, 1.54) is 0 Å². The van der Waals surface area contributed by atoms with Crippen LogP contribution in [-0.2, 0) is 9.59 Å². The van der Waals surface area contributed by atoms with Crippen molar-refractivity contribution in [1.82, 2.24) is 10.6 Å². The topological polar surface area (TPSA) is 70.2 Å². The van der Waals surface area contributed by atoms with Crippen LogP contribution < -0.4 is 16.0 Å². The van der Waals surface area contributed by atoms with Crippen molar-refractivity contribution >= 4 is 17.5 Å². The van der Waals surface area contributed by atoms with Crippen LogP contribution in [0.25, 0.3) is 0 Å². The van der Waals surface area contributed by atoms with Crippen LogP contribution in [0.15, 0.2) is 24.3 Å². The van der Waals surface area contributed by atoms with E-state index in [4.69, 9.17) is 0 Å². The molecule has 5 nitrogen and oxygen atoms in total. The number of rotatable bonds is 2. The predicted octanol–water partition coefficient (Wildman–Crippen LogP) is 0.590. The molecule has 2 unspecified atom stereocenters. The van der Waals surface area contributed by atoms with Gasteiger partial charge in [-0.1, -0.05) is 18.2 Å². The minimum Gasteiger partial charge on any atom is -0.384 e. The maximum absolute atomic E-state index is 12.3. The molecule has 19 heavy (non-hydrogen) atoms. The number of carbonyl (C=O) groups excluding carboxylic acids is 2. The van der Waals surface area contributed by atoms with Crippen LogP contribution in [-0.4, -0.2) is 30.9 Å². The van der Waals surface area contributed by atoms with E-state index < -0.39 is 0 Å². The van der Waals surface area contributed by atoms with E-state index in [0.717, 1.165) is 24.1 Å². The molecule has 1 aromatic carbocycles. The van der Waals surface area contributed by atoms with Crippen molar-refractivity contribution in [3.05, 3.63) is 29.8 Å². The zero-order valence-corrected chi connectivity index (χ0v) is 10.6. The summed E-state index contributed by atoms with van der Waals surface area (Å²) in [5.41, 5.74) is 2.02. The van der Waals surface area contributed by atoms with Crippen LogP contribution in [0.4, 0.5) is 5.69 Å². The molecule has 0 spiro atoms. The summed E-state index contributed by atoms with van der Waals surface area (Å²) >= 11 is 0. The molecule has 0 aliphatic carbocycles. The summed E-state index contributed by atoms with van der Waals surface area (Å²) in [6.45, 7) is 1.30. The predicted molar refractivity (Wildman–Crippen MR) is 71.8 cm³/mol. The third-order valence-electron chi connectivity index (χ3n) is 3.75. The van der Waals surface area contributed by atoms with Gasteiger partial charge in [-0.05, 0) is 24.5 Å². The lowest BCUT2D eigenvalue weighted by Crippen LogP contribution is -2.51. The number of para-hydroxylation sites is 1.